The van der Waals surface area contributed by atoms with Gasteiger partial charge in [-0.3, -0.25) is 4.79 Å². The summed E-state index contributed by atoms with van der Waals surface area (Å²) in [6.07, 6.45) is 4.79. The second-order valence-electron chi connectivity index (χ2n) is 8.40. The summed E-state index contributed by atoms with van der Waals surface area (Å²) in [4.78, 5) is 31.2. The monoisotopic (exact) mass is 351 g/mol. The SMILES string of the molecule is CC(C)CCN1C[C@]2(CCCN(C(=O)N3CCOCC3)C2)CCC1=O. The molecule has 3 aliphatic rings. The zero-order valence-corrected chi connectivity index (χ0v) is 15.8. The standard InChI is InChI=1S/C19H33N3O3/c1-16(2)5-9-21-14-19(7-4-17(21)23)6-3-8-22(15-19)18(24)20-10-12-25-13-11-20/h16H,3-15H2,1-2H3/t19-/m0/s1. The number of carbonyl (C=O) groups is 2. The van der Waals surface area contributed by atoms with Gasteiger partial charge in [-0.2, -0.15) is 0 Å². The van der Waals surface area contributed by atoms with Crippen molar-refractivity contribution in [1.29, 1.82) is 0 Å². The maximum absolute atomic E-state index is 12.9. The lowest BCUT2D eigenvalue weighted by Crippen LogP contribution is -2.58. The lowest BCUT2D eigenvalue weighted by molar-refractivity contribution is -0.139. The van der Waals surface area contributed by atoms with E-state index in [1.54, 1.807) is 0 Å². The highest BCUT2D eigenvalue weighted by molar-refractivity contribution is 5.77. The van der Waals surface area contributed by atoms with Crippen LogP contribution in [0.3, 0.4) is 0 Å². The Morgan fingerprint density at radius 1 is 1.12 bits per heavy atom. The van der Waals surface area contributed by atoms with E-state index in [1.165, 1.54) is 0 Å². The molecular formula is C19H33N3O3. The van der Waals surface area contributed by atoms with Crippen LogP contribution in [0.4, 0.5) is 4.79 Å². The Balaban J connectivity index is 1.62. The van der Waals surface area contributed by atoms with E-state index < -0.39 is 0 Å². The fourth-order valence-electron chi connectivity index (χ4n) is 4.38. The molecule has 0 bridgehead atoms. The van der Waals surface area contributed by atoms with Crippen LogP contribution in [0.1, 0.15) is 46.0 Å². The van der Waals surface area contributed by atoms with Gasteiger partial charge in [0, 0.05) is 51.1 Å². The molecule has 0 radical (unpaired) electrons. The highest BCUT2D eigenvalue weighted by Gasteiger charge is 2.43. The molecular weight excluding hydrogens is 318 g/mol. The van der Waals surface area contributed by atoms with Crippen molar-refractivity contribution >= 4 is 11.9 Å². The molecule has 3 aliphatic heterocycles. The largest absolute Gasteiger partial charge is 0.378 e. The Morgan fingerprint density at radius 3 is 2.60 bits per heavy atom. The number of hydrogen-bond donors (Lipinski definition) is 0. The molecule has 6 heteroatoms. The average Bonchev–Trinajstić information content (AvgIpc) is 2.63. The second kappa shape index (κ2) is 7.94. The molecule has 0 aromatic carbocycles. The van der Waals surface area contributed by atoms with Crippen LogP contribution in [-0.2, 0) is 9.53 Å². The van der Waals surface area contributed by atoms with E-state index in [4.69, 9.17) is 4.74 Å². The van der Waals surface area contributed by atoms with Crippen LogP contribution in [0, 0.1) is 11.3 Å². The molecule has 0 aromatic rings. The molecule has 0 saturated carbocycles. The third-order valence-corrected chi connectivity index (χ3v) is 5.94. The maximum atomic E-state index is 12.9. The molecule has 3 amide bonds. The molecule has 3 fully saturated rings. The zero-order chi connectivity index (χ0) is 17.9. The minimum atomic E-state index is 0.102. The van der Waals surface area contributed by atoms with Gasteiger partial charge in [-0.15, -0.1) is 0 Å². The third kappa shape index (κ3) is 4.46. The van der Waals surface area contributed by atoms with Crippen molar-refractivity contribution in [3.8, 4) is 0 Å². The van der Waals surface area contributed by atoms with Gasteiger partial charge in [0.15, 0.2) is 0 Å². The Bertz CT molecular complexity index is 490. The van der Waals surface area contributed by atoms with Gasteiger partial charge in [0.2, 0.25) is 5.91 Å². The quantitative estimate of drug-likeness (QED) is 0.783. The summed E-state index contributed by atoms with van der Waals surface area (Å²) in [6, 6.07) is 0.160. The van der Waals surface area contributed by atoms with Crippen molar-refractivity contribution in [2.75, 3.05) is 52.5 Å². The van der Waals surface area contributed by atoms with Crippen LogP contribution >= 0.6 is 0 Å². The smallest absolute Gasteiger partial charge is 0.320 e. The number of ether oxygens (including phenoxy) is 1. The lowest BCUT2D eigenvalue weighted by atomic mass is 9.73. The number of hydrogen-bond acceptors (Lipinski definition) is 3. The number of carbonyl (C=O) groups excluding carboxylic acids is 2. The van der Waals surface area contributed by atoms with E-state index in [2.05, 4.69) is 18.7 Å². The van der Waals surface area contributed by atoms with Gasteiger partial charge in [-0.25, -0.2) is 4.79 Å². The molecule has 25 heavy (non-hydrogen) atoms. The number of urea groups is 1. The first-order chi connectivity index (χ1) is 12.0. The fourth-order valence-corrected chi connectivity index (χ4v) is 4.38. The molecule has 3 heterocycles. The van der Waals surface area contributed by atoms with Crippen LogP contribution in [0.25, 0.3) is 0 Å². The van der Waals surface area contributed by atoms with Gasteiger partial charge >= 0.3 is 6.03 Å². The van der Waals surface area contributed by atoms with E-state index in [1.807, 2.05) is 9.80 Å². The summed E-state index contributed by atoms with van der Waals surface area (Å²) >= 11 is 0. The van der Waals surface area contributed by atoms with Crippen molar-refractivity contribution in [3.63, 3.8) is 0 Å². The second-order valence-corrected chi connectivity index (χ2v) is 8.40. The fraction of sp³-hybridized carbons (Fsp3) is 0.895. The number of likely N-dealkylation sites (tertiary alicyclic amines) is 2. The molecule has 6 nitrogen and oxygen atoms in total. The van der Waals surface area contributed by atoms with Gasteiger partial charge in [0.25, 0.3) is 0 Å². The van der Waals surface area contributed by atoms with Crippen LogP contribution < -0.4 is 0 Å². The first-order valence-electron chi connectivity index (χ1n) is 9.88. The predicted octanol–water partition coefficient (Wildman–Crippen LogP) is 2.19. The van der Waals surface area contributed by atoms with Crippen molar-refractivity contribution in [2.45, 2.75) is 46.0 Å². The van der Waals surface area contributed by atoms with Crippen molar-refractivity contribution in [2.24, 2.45) is 11.3 Å². The van der Waals surface area contributed by atoms with Gasteiger partial charge in [-0.1, -0.05) is 13.8 Å². The van der Waals surface area contributed by atoms with Crippen LogP contribution in [0.2, 0.25) is 0 Å². The molecule has 1 spiro atoms. The van der Waals surface area contributed by atoms with Crippen molar-refractivity contribution in [1.82, 2.24) is 14.7 Å². The average molecular weight is 351 g/mol. The Labute approximate surface area is 151 Å². The summed E-state index contributed by atoms with van der Waals surface area (Å²) in [6.45, 7) is 10.4. The number of piperidine rings is 2. The number of morpholine rings is 1. The van der Waals surface area contributed by atoms with Gasteiger partial charge in [0.05, 0.1) is 13.2 Å². The molecule has 1 atom stereocenters. The third-order valence-electron chi connectivity index (χ3n) is 5.94. The topological polar surface area (TPSA) is 53.1 Å². The zero-order valence-electron chi connectivity index (χ0n) is 15.8. The Kier molecular flexibility index (Phi) is 5.87. The summed E-state index contributed by atoms with van der Waals surface area (Å²) in [5.41, 5.74) is 0.102. The van der Waals surface area contributed by atoms with E-state index >= 15 is 0 Å². The lowest BCUT2D eigenvalue weighted by Gasteiger charge is -2.49. The first kappa shape index (κ1) is 18.5. The minimum Gasteiger partial charge on any atom is -0.378 e. The molecule has 0 aromatic heterocycles. The number of rotatable bonds is 3. The van der Waals surface area contributed by atoms with E-state index in [0.29, 0.717) is 44.5 Å². The predicted molar refractivity (Wildman–Crippen MR) is 96.3 cm³/mol. The van der Waals surface area contributed by atoms with Crippen LogP contribution in [-0.4, -0.2) is 79.1 Å². The van der Waals surface area contributed by atoms with Crippen molar-refractivity contribution in [3.05, 3.63) is 0 Å². The highest BCUT2D eigenvalue weighted by atomic mass is 16.5. The summed E-state index contributed by atoms with van der Waals surface area (Å²) in [5.74, 6) is 0.902. The Hall–Kier alpha value is -1.30. The summed E-state index contributed by atoms with van der Waals surface area (Å²) in [5, 5.41) is 0. The van der Waals surface area contributed by atoms with Gasteiger partial charge in [0.1, 0.15) is 0 Å². The van der Waals surface area contributed by atoms with E-state index in [0.717, 1.165) is 51.9 Å². The normalized spacial score (nSPS) is 28.1. The van der Waals surface area contributed by atoms with E-state index in [-0.39, 0.29) is 11.4 Å². The number of nitrogens with zero attached hydrogens (tertiary/aromatic N) is 3. The molecule has 0 N–H and O–H groups in total. The molecule has 3 rings (SSSR count). The first-order valence-corrected chi connectivity index (χ1v) is 9.88. The van der Waals surface area contributed by atoms with E-state index in [9.17, 15) is 9.59 Å². The van der Waals surface area contributed by atoms with Gasteiger partial charge < -0.3 is 19.4 Å². The maximum Gasteiger partial charge on any atom is 0.320 e. The number of amides is 3. The summed E-state index contributed by atoms with van der Waals surface area (Å²) in [7, 11) is 0. The molecule has 0 aliphatic carbocycles. The van der Waals surface area contributed by atoms with Gasteiger partial charge in [-0.05, 0) is 31.6 Å². The van der Waals surface area contributed by atoms with Crippen LogP contribution in [0.5, 0.6) is 0 Å². The summed E-state index contributed by atoms with van der Waals surface area (Å²) < 4.78 is 5.36. The molecule has 3 saturated heterocycles. The minimum absolute atomic E-state index is 0.102. The van der Waals surface area contributed by atoms with Crippen LogP contribution in [0.15, 0.2) is 0 Å². The molecule has 0 unspecified atom stereocenters. The van der Waals surface area contributed by atoms with Crippen molar-refractivity contribution < 1.29 is 14.3 Å². The highest BCUT2D eigenvalue weighted by Crippen LogP contribution is 2.39. The molecule has 142 valence electrons. The Morgan fingerprint density at radius 2 is 1.88 bits per heavy atom.